The van der Waals surface area contributed by atoms with Crippen LogP contribution < -0.4 is 28.4 Å². The zero-order chi connectivity index (χ0) is 52.6. The highest BCUT2D eigenvalue weighted by molar-refractivity contribution is 6.15. The highest BCUT2D eigenvalue weighted by atomic mass is 16.7. The number of carbonyl (C=O) groups excluding carboxylic acids is 3. The van der Waals surface area contributed by atoms with E-state index in [1.54, 1.807) is 14.2 Å². The number of rotatable bonds is 9. The van der Waals surface area contributed by atoms with Gasteiger partial charge in [-0.3, -0.25) is 4.79 Å². The van der Waals surface area contributed by atoms with Gasteiger partial charge >= 0.3 is 17.9 Å². The second-order valence-electron chi connectivity index (χ2n) is 19.9. The molecule has 0 aromatic heterocycles. The molecule has 0 aliphatic carbocycles. The van der Waals surface area contributed by atoms with E-state index in [0.29, 0.717) is 70.0 Å². The summed E-state index contributed by atoms with van der Waals surface area (Å²) in [5.41, 5.74) is 9.48. The second kappa shape index (κ2) is 19.8. The number of carbonyl (C=O) groups is 3. The van der Waals surface area contributed by atoms with Gasteiger partial charge in [-0.05, 0) is 108 Å². The predicted octanol–water partition coefficient (Wildman–Crippen LogP) is 9.11. The summed E-state index contributed by atoms with van der Waals surface area (Å²) in [6.45, 7) is 14.5. The van der Waals surface area contributed by atoms with Gasteiger partial charge < -0.3 is 66.7 Å². The molecule has 0 bridgehead atoms. The van der Waals surface area contributed by atoms with E-state index in [2.05, 4.69) is 12.1 Å². The standard InChI is InChI=1S/C30H30O9.C28H28O8/c1-14-8-19-20(9-15(14)2)27(39-30-28(38-17(4)31)26(33-5)16(3)11-35-30)21-12-34-29(32)25(21)24(19)18-6-7-22-23(10-18)37-13-36-22;1-13-7-17-18(8-14(13)2)26(36-28-24(29)25(31-4)15(3)10-33-28)19-11-32-27(30)23(19)22(17)16-5-6-20-21(9-16)35-12-34-20/h6-10,16,26,28,30H,11-13H2,1-5H3;5-9,15,24-25,28-29H,10-12H2,1-4H3. The van der Waals surface area contributed by atoms with Crippen LogP contribution >= 0.6 is 0 Å². The molecule has 8 unspecified atom stereocenters. The number of esters is 3. The predicted molar refractivity (Wildman–Crippen MR) is 270 cm³/mol. The Labute approximate surface area is 432 Å². The third kappa shape index (κ3) is 8.79. The van der Waals surface area contributed by atoms with Crippen LogP contribution in [0.2, 0.25) is 0 Å². The van der Waals surface area contributed by atoms with Gasteiger partial charge in [0.05, 0.1) is 30.4 Å². The Kier molecular flexibility index (Phi) is 13.2. The van der Waals surface area contributed by atoms with Crippen LogP contribution in [-0.4, -0.2) is 101 Å². The Morgan fingerprint density at radius 1 is 0.533 bits per heavy atom. The van der Waals surface area contributed by atoms with Crippen LogP contribution in [0.15, 0.2) is 60.7 Å². The lowest BCUT2D eigenvalue weighted by Crippen LogP contribution is -2.54. The maximum Gasteiger partial charge on any atom is 0.339 e. The molecule has 6 aromatic carbocycles. The fourth-order valence-corrected chi connectivity index (χ4v) is 11.0. The van der Waals surface area contributed by atoms with Crippen molar-refractivity contribution in [3.8, 4) is 56.8 Å². The van der Waals surface area contributed by atoms with Crippen LogP contribution in [0.25, 0.3) is 43.8 Å². The van der Waals surface area contributed by atoms with Crippen molar-refractivity contribution >= 4 is 39.5 Å². The van der Waals surface area contributed by atoms with Crippen LogP contribution in [-0.2, 0) is 51.2 Å². The number of hydrogen-bond acceptors (Lipinski definition) is 17. The molecule has 6 aliphatic heterocycles. The smallest absolute Gasteiger partial charge is 0.339 e. The van der Waals surface area contributed by atoms with E-state index >= 15 is 0 Å². The van der Waals surface area contributed by atoms with E-state index in [9.17, 15) is 19.5 Å². The van der Waals surface area contributed by atoms with Crippen LogP contribution in [0.1, 0.15) is 74.9 Å². The summed E-state index contributed by atoms with van der Waals surface area (Å²) in [7, 11) is 3.14. The highest BCUT2D eigenvalue weighted by Crippen LogP contribution is 2.50. The van der Waals surface area contributed by atoms with Crippen molar-refractivity contribution in [1.29, 1.82) is 0 Å². The summed E-state index contributed by atoms with van der Waals surface area (Å²) in [5.74, 6) is 2.17. The van der Waals surface area contributed by atoms with Crippen LogP contribution in [0.3, 0.4) is 0 Å². The average Bonchev–Trinajstić information content (AvgIpc) is 4.23. The van der Waals surface area contributed by atoms with Crippen molar-refractivity contribution in [1.82, 2.24) is 0 Å². The zero-order valence-electron chi connectivity index (χ0n) is 43.1. The molecule has 0 radical (unpaired) electrons. The number of aliphatic hydroxyl groups excluding tert-OH is 1. The quantitative estimate of drug-likeness (QED) is 0.106. The Balaban J connectivity index is 0.000000161. The molecule has 1 N–H and O–H groups in total. The van der Waals surface area contributed by atoms with Gasteiger partial charge in [0.2, 0.25) is 26.2 Å². The van der Waals surface area contributed by atoms with E-state index in [-0.39, 0.29) is 38.6 Å². The number of ether oxygens (including phenoxy) is 13. The molecule has 0 spiro atoms. The van der Waals surface area contributed by atoms with Gasteiger partial charge in [0, 0.05) is 66.0 Å². The van der Waals surface area contributed by atoms with E-state index < -0.39 is 54.9 Å². The SMILES string of the molecule is COC1C(C)COC(Oc2c3c(c(-c4ccc5c(c4)OCO5)c4cc(C)c(C)cc24)C(=O)OC3)C1O.COC1C(C)COC(Oc2c3c(c(-c4ccc5c(c4)OCO5)c4cc(C)c(C)cc24)C(=O)OC3)C1OC(C)=O. The molecule has 2 fully saturated rings. The highest BCUT2D eigenvalue weighted by Gasteiger charge is 2.45. The van der Waals surface area contributed by atoms with Gasteiger partial charge in [0.1, 0.15) is 36.9 Å². The molecule has 8 atom stereocenters. The lowest BCUT2D eigenvalue weighted by molar-refractivity contribution is -0.241. The fraction of sp³-hybridized carbons (Fsp3) is 0.397. The normalized spacial score (nSPS) is 24.0. The first-order chi connectivity index (χ1) is 36.1. The third-order valence-corrected chi connectivity index (χ3v) is 15.1. The van der Waals surface area contributed by atoms with Crippen molar-refractivity contribution in [2.24, 2.45) is 11.8 Å². The van der Waals surface area contributed by atoms with E-state index in [1.165, 1.54) is 6.92 Å². The zero-order valence-corrected chi connectivity index (χ0v) is 43.1. The second-order valence-corrected chi connectivity index (χ2v) is 19.9. The van der Waals surface area contributed by atoms with Crippen molar-refractivity contribution in [2.45, 2.75) is 98.7 Å². The van der Waals surface area contributed by atoms with Crippen molar-refractivity contribution in [3.63, 3.8) is 0 Å². The van der Waals surface area contributed by atoms with Gasteiger partial charge in [0.15, 0.2) is 29.1 Å². The molecule has 2 saturated heterocycles. The Morgan fingerprint density at radius 2 is 0.960 bits per heavy atom. The average molecular weight is 1030 g/mol. The Bertz CT molecular complexity index is 3310. The largest absolute Gasteiger partial charge is 0.461 e. The summed E-state index contributed by atoms with van der Waals surface area (Å²) in [4.78, 5) is 38.3. The topological polar surface area (TPSA) is 191 Å². The molecule has 0 saturated carbocycles. The minimum absolute atomic E-state index is 0.00972. The Hall–Kier alpha value is -7.15. The number of methoxy groups -OCH3 is 2. The number of hydrogen-bond donors (Lipinski definition) is 1. The molecule has 17 heteroatoms. The van der Waals surface area contributed by atoms with Crippen LogP contribution in [0, 0.1) is 39.5 Å². The maximum atomic E-state index is 13.2. The van der Waals surface area contributed by atoms with Gasteiger partial charge in [-0.25, -0.2) is 9.59 Å². The first-order valence-electron chi connectivity index (χ1n) is 24.9. The van der Waals surface area contributed by atoms with Gasteiger partial charge in [-0.15, -0.1) is 0 Å². The number of aliphatic hydroxyl groups is 1. The Morgan fingerprint density at radius 3 is 1.43 bits per heavy atom. The summed E-state index contributed by atoms with van der Waals surface area (Å²) in [6, 6.07) is 19.5. The van der Waals surface area contributed by atoms with Gasteiger partial charge in [0.25, 0.3) is 0 Å². The molecule has 6 aromatic rings. The lowest BCUT2D eigenvalue weighted by Gasteiger charge is -2.40. The van der Waals surface area contributed by atoms with Crippen LogP contribution in [0.4, 0.5) is 0 Å². The molecule has 392 valence electrons. The minimum Gasteiger partial charge on any atom is -0.461 e. The number of cyclic esters (lactones) is 2. The van der Waals surface area contributed by atoms with Gasteiger partial charge in [-0.1, -0.05) is 38.1 Å². The molecule has 6 heterocycles. The monoisotopic (exact) mass is 1030 g/mol. The molecule has 75 heavy (non-hydrogen) atoms. The molecular formula is C58H58O17. The van der Waals surface area contributed by atoms with Crippen LogP contribution in [0.5, 0.6) is 34.5 Å². The summed E-state index contributed by atoms with van der Waals surface area (Å²) in [5, 5.41) is 14.2. The molecule has 0 amide bonds. The van der Waals surface area contributed by atoms with Crippen molar-refractivity contribution < 1.29 is 81.1 Å². The number of benzene rings is 6. The number of aryl methyl sites for hydroxylation is 4. The lowest BCUT2D eigenvalue weighted by atomic mass is 9.87. The van der Waals surface area contributed by atoms with E-state index in [1.807, 2.05) is 90.1 Å². The molecule has 12 rings (SSSR count). The maximum absolute atomic E-state index is 13.2. The van der Waals surface area contributed by atoms with Gasteiger partial charge in [-0.2, -0.15) is 0 Å². The first-order valence-corrected chi connectivity index (χ1v) is 24.9. The molecular weight excluding hydrogens is 969 g/mol. The van der Waals surface area contributed by atoms with E-state index in [0.717, 1.165) is 66.1 Å². The molecule has 17 nitrogen and oxygen atoms in total. The fourth-order valence-electron chi connectivity index (χ4n) is 11.0. The summed E-state index contributed by atoms with van der Waals surface area (Å²) in [6.07, 6.45) is -4.56. The van der Waals surface area contributed by atoms with E-state index in [4.69, 9.17) is 61.6 Å². The summed E-state index contributed by atoms with van der Waals surface area (Å²) >= 11 is 0. The third-order valence-electron chi connectivity index (χ3n) is 15.1. The summed E-state index contributed by atoms with van der Waals surface area (Å²) < 4.78 is 75.0. The van der Waals surface area contributed by atoms with Crippen molar-refractivity contribution in [3.05, 3.63) is 105 Å². The minimum atomic E-state index is -0.998. The molecule has 6 aliphatic rings. The van der Waals surface area contributed by atoms with Crippen molar-refractivity contribution in [2.75, 3.05) is 41.0 Å². The number of fused-ring (bicyclic) bond motifs is 6. The first kappa shape index (κ1) is 50.0.